The number of ketones is 1. The van der Waals surface area contributed by atoms with Crippen molar-refractivity contribution < 1.29 is 4.79 Å². The van der Waals surface area contributed by atoms with Crippen LogP contribution >= 0.6 is 22.7 Å². The Hall–Kier alpha value is -1.07. The monoisotopic (exact) mass is 224 g/mol. The van der Waals surface area contributed by atoms with Crippen molar-refractivity contribution in [2.24, 2.45) is 0 Å². The Morgan fingerprint density at radius 1 is 1.50 bits per heavy atom. The predicted molar refractivity (Wildman–Crippen MR) is 57.0 cm³/mol. The molecule has 5 heteroatoms. The van der Waals surface area contributed by atoms with E-state index in [-0.39, 0.29) is 5.78 Å². The van der Waals surface area contributed by atoms with Crippen LogP contribution in [0.1, 0.15) is 20.4 Å². The summed E-state index contributed by atoms with van der Waals surface area (Å²) in [7, 11) is 0. The number of aromatic nitrogens is 2. The molecule has 2 rings (SSSR count). The van der Waals surface area contributed by atoms with Gasteiger partial charge in [0.2, 0.25) is 0 Å². The SMILES string of the molecule is Cc1nc(C(=O)Cc2cncs2)cs1. The summed E-state index contributed by atoms with van der Waals surface area (Å²) in [4.78, 5) is 20.7. The van der Waals surface area contributed by atoms with Crippen molar-refractivity contribution in [3.63, 3.8) is 0 Å². The minimum Gasteiger partial charge on any atom is -0.292 e. The summed E-state index contributed by atoms with van der Waals surface area (Å²) >= 11 is 3.00. The van der Waals surface area contributed by atoms with Gasteiger partial charge >= 0.3 is 0 Å². The Labute approximate surface area is 89.5 Å². The Morgan fingerprint density at radius 2 is 2.36 bits per heavy atom. The topological polar surface area (TPSA) is 42.9 Å². The molecule has 0 amide bonds. The van der Waals surface area contributed by atoms with Gasteiger partial charge in [0, 0.05) is 22.9 Å². The number of hydrogen-bond donors (Lipinski definition) is 0. The van der Waals surface area contributed by atoms with Crippen LogP contribution in [0.15, 0.2) is 17.1 Å². The van der Waals surface area contributed by atoms with Gasteiger partial charge in [-0.2, -0.15) is 0 Å². The number of Topliss-reactive ketones (excluding diaryl/α,β-unsaturated/α-hetero) is 1. The lowest BCUT2D eigenvalue weighted by atomic mass is 10.2. The molecule has 2 aromatic rings. The van der Waals surface area contributed by atoms with Crippen molar-refractivity contribution in [2.75, 3.05) is 0 Å². The van der Waals surface area contributed by atoms with Gasteiger partial charge in [-0.15, -0.1) is 22.7 Å². The number of nitrogens with zero attached hydrogens (tertiary/aromatic N) is 2. The number of thiazole rings is 2. The second-order valence-electron chi connectivity index (χ2n) is 2.82. The fourth-order valence-corrected chi connectivity index (χ4v) is 2.28. The average molecular weight is 224 g/mol. The number of carbonyl (C=O) groups excluding carboxylic acids is 1. The van der Waals surface area contributed by atoms with Crippen LogP contribution in [0.25, 0.3) is 0 Å². The van der Waals surface area contributed by atoms with E-state index in [1.54, 1.807) is 17.1 Å². The van der Waals surface area contributed by atoms with Gasteiger partial charge in [-0.1, -0.05) is 0 Å². The van der Waals surface area contributed by atoms with Crippen molar-refractivity contribution in [1.29, 1.82) is 0 Å². The van der Waals surface area contributed by atoms with Gasteiger partial charge in [0.1, 0.15) is 5.69 Å². The molecule has 0 unspecified atom stereocenters. The van der Waals surface area contributed by atoms with E-state index >= 15 is 0 Å². The Kier molecular flexibility index (Phi) is 2.69. The highest BCUT2D eigenvalue weighted by Gasteiger charge is 2.10. The van der Waals surface area contributed by atoms with Crippen LogP contribution in [0, 0.1) is 6.92 Å². The van der Waals surface area contributed by atoms with E-state index in [9.17, 15) is 4.79 Å². The highest BCUT2D eigenvalue weighted by Crippen LogP contribution is 2.13. The molecule has 0 bridgehead atoms. The summed E-state index contributed by atoms with van der Waals surface area (Å²) in [5.74, 6) is 0.0681. The molecule has 0 aliphatic heterocycles. The molecule has 0 aliphatic carbocycles. The Balaban J connectivity index is 2.10. The van der Waals surface area contributed by atoms with Gasteiger partial charge in [-0.05, 0) is 6.92 Å². The highest BCUT2D eigenvalue weighted by atomic mass is 32.1. The van der Waals surface area contributed by atoms with Crippen LogP contribution in [-0.2, 0) is 6.42 Å². The second-order valence-corrected chi connectivity index (χ2v) is 4.85. The largest absolute Gasteiger partial charge is 0.292 e. The molecule has 2 heterocycles. The molecule has 2 aromatic heterocycles. The first-order valence-electron chi connectivity index (χ1n) is 4.08. The first-order valence-corrected chi connectivity index (χ1v) is 5.84. The summed E-state index contributed by atoms with van der Waals surface area (Å²) in [6.07, 6.45) is 2.13. The van der Waals surface area contributed by atoms with E-state index in [0.29, 0.717) is 12.1 Å². The molecule has 0 fully saturated rings. The summed E-state index contributed by atoms with van der Waals surface area (Å²) < 4.78 is 0. The molecule has 0 aliphatic rings. The molecule has 3 nitrogen and oxygen atoms in total. The Morgan fingerprint density at radius 3 is 2.93 bits per heavy atom. The summed E-state index contributed by atoms with van der Waals surface area (Å²) in [6, 6.07) is 0. The molecule has 0 aromatic carbocycles. The zero-order chi connectivity index (χ0) is 9.97. The van der Waals surface area contributed by atoms with E-state index in [1.165, 1.54) is 22.7 Å². The second kappa shape index (κ2) is 3.98. The first-order chi connectivity index (χ1) is 6.75. The van der Waals surface area contributed by atoms with Crippen molar-refractivity contribution in [3.8, 4) is 0 Å². The van der Waals surface area contributed by atoms with Crippen LogP contribution < -0.4 is 0 Å². The molecule has 0 saturated heterocycles. The third kappa shape index (κ3) is 2.05. The van der Waals surface area contributed by atoms with E-state index in [4.69, 9.17) is 0 Å². The van der Waals surface area contributed by atoms with Crippen LogP contribution in [0.5, 0.6) is 0 Å². The summed E-state index contributed by atoms with van der Waals surface area (Å²) in [5, 5.41) is 2.73. The predicted octanol–water partition coefficient (Wildman–Crippen LogP) is 2.33. The van der Waals surface area contributed by atoms with Gasteiger partial charge in [0.15, 0.2) is 5.78 Å². The van der Waals surface area contributed by atoms with Gasteiger partial charge in [-0.25, -0.2) is 4.98 Å². The van der Waals surface area contributed by atoms with Crippen LogP contribution in [0.4, 0.5) is 0 Å². The molecule has 0 N–H and O–H groups in total. The molecular weight excluding hydrogens is 216 g/mol. The molecule has 14 heavy (non-hydrogen) atoms. The third-order valence-corrected chi connectivity index (χ3v) is 3.28. The van der Waals surface area contributed by atoms with Gasteiger partial charge in [0.25, 0.3) is 0 Å². The lowest BCUT2D eigenvalue weighted by Gasteiger charge is -1.92. The van der Waals surface area contributed by atoms with Crippen molar-refractivity contribution in [1.82, 2.24) is 9.97 Å². The van der Waals surface area contributed by atoms with Crippen molar-refractivity contribution in [3.05, 3.63) is 32.7 Å². The lowest BCUT2D eigenvalue weighted by molar-refractivity contribution is 0.0989. The quantitative estimate of drug-likeness (QED) is 0.751. The number of aryl methyl sites for hydroxylation is 1. The van der Waals surface area contributed by atoms with E-state index in [1.807, 2.05) is 6.92 Å². The van der Waals surface area contributed by atoms with E-state index in [0.717, 1.165) is 9.88 Å². The zero-order valence-electron chi connectivity index (χ0n) is 7.56. The van der Waals surface area contributed by atoms with E-state index in [2.05, 4.69) is 9.97 Å². The molecule has 0 atom stereocenters. The fourth-order valence-electron chi connectivity index (χ4n) is 1.07. The maximum absolute atomic E-state index is 11.6. The highest BCUT2D eigenvalue weighted by molar-refractivity contribution is 7.10. The van der Waals surface area contributed by atoms with Gasteiger partial charge in [-0.3, -0.25) is 9.78 Å². The number of carbonyl (C=O) groups is 1. The lowest BCUT2D eigenvalue weighted by Crippen LogP contribution is -2.02. The Bertz CT molecular complexity index is 433. The molecule has 72 valence electrons. The normalized spacial score (nSPS) is 10.4. The third-order valence-electron chi connectivity index (χ3n) is 1.72. The molecule has 0 spiro atoms. The number of rotatable bonds is 3. The minimum absolute atomic E-state index is 0.0681. The van der Waals surface area contributed by atoms with Crippen molar-refractivity contribution >= 4 is 28.5 Å². The van der Waals surface area contributed by atoms with Crippen LogP contribution in [0.2, 0.25) is 0 Å². The van der Waals surface area contributed by atoms with Gasteiger partial charge in [0.05, 0.1) is 10.5 Å². The summed E-state index contributed by atoms with van der Waals surface area (Å²) in [6.45, 7) is 1.90. The van der Waals surface area contributed by atoms with Crippen LogP contribution in [0.3, 0.4) is 0 Å². The molecule has 0 saturated carbocycles. The molecular formula is C9H8N2OS2. The zero-order valence-corrected chi connectivity index (χ0v) is 9.19. The minimum atomic E-state index is 0.0681. The van der Waals surface area contributed by atoms with Crippen molar-refractivity contribution in [2.45, 2.75) is 13.3 Å². The standard InChI is InChI=1S/C9H8N2OS2/c1-6-11-8(4-13-6)9(12)2-7-3-10-5-14-7/h3-5H,2H2,1H3. The molecule has 0 radical (unpaired) electrons. The first kappa shape index (κ1) is 9.48. The maximum atomic E-state index is 11.6. The van der Waals surface area contributed by atoms with Gasteiger partial charge < -0.3 is 0 Å². The average Bonchev–Trinajstić information content (AvgIpc) is 2.75. The summed E-state index contributed by atoms with van der Waals surface area (Å²) in [5.41, 5.74) is 2.30. The number of hydrogen-bond acceptors (Lipinski definition) is 5. The maximum Gasteiger partial charge on any atom is 0.187 e. The van der Waals surface area contributed by atoms with Crippen LogP contribution in [-0.4, -0.2) is 15.8 Å². The fraction of sp³-hybridized carbons (Fsp3) is 0.222. The van der Waals surface area contributed by atoms with E-state index < -0.39 is 0 Å². The smallest absolute Gasteiger partial charge is 0.187 e.